The average Bonchev–Trinajstić information content (AvgIpc) is 3.61. The van der Waals surface area contributed by atoms with Gasteiger partial charge in [0.1, 0.15) is 0 Å². The van der Waals surface area contributed by atoms with Gasteiger partial charge >= 0.3 is 11.9 Å². The fourth-order valence-corrected chi connectivity index (χ4v) is 1.11. The van der Waals surface area contributed by atoms with Crippen LogP contribution in [0.25, 0.3) is 0 Å². The van der Waals surface area contributed by atoms with Crippen LogP contribution in [0.2, 0.25) is 0 Å². The number of aromatic nitrogens is 4. The Hall–Kier alpha value is -4.46. The van der Waals surface area contributed by atoms with Crippen molar-refractivity contribution in [2.24, 2.45) is 0 Å². The van der Waals surface area contributed by atoms with Crippen molar-refractivity contribution >= 4 is 11.9 Å². The van der Waals surface area contributed by atoms with E-state index in [0.29, 0.717) is 0 Å². The maximum atomic E-state index is 9.25. The van der Waals surface area contributed by atoms with E-state index in [2.05, 4.69) is 33.1 Å². The molecule has 4 rings (SSSR count). The number of hydrogen-bond donors (Lipinski definition) is 6. The molecule has 4 aromatic heterocycles. The van der Waals surface area contributed by atoms with Crippen molar-refractivity contribution in [3.8, 4) is 0 Å². The van der Waals surface area contributed by atoms with Gasteiger partial charge in [0.15, 0.2) is 0 Å². The van der Waals surface area contributed by atoms with Gasteiger partial charge in [-0.1, -0.05) is 13.2 Å². The third kappa shape index (κ3) is 31.3. The van der Waals surface area contributed by atoms with Crippen LogP contribution in [0.1, 0.15) is 0 Å². The van der Waals surface area contributed by atoms with E-state index in [1.54, 1.807) is 0 Å². The zero-order valence-electron chi connectivity index (χ0n) is 16.5. The van der Waals surface area contributed by atoms with Gasteiger partial charge in [-0.15, -0.1) is 0 Å². The van der Waals surface area contributed by atoms with Crippen LogP contribution in [0.4, 0.5) is 0 Å². The van der Waals surface area contributed by atoms with Crippen molar-refractivity contribution in [1.82, 2.24) is 19.9 Å². The van der Waals surface area contributed by atoms with Crippen LogP contribution in [-0.2, 0) is 9.59 Å². The zero-order valence-corrected chi connectivity index (χ0v) is 16.5. The molecular formula is C22H28N4O4. The second-order valence-electron chi connectivity index (χ2n) is 4.62. The largest absolute Gasteiger partial charge is 0.478 e. The summed E-state index contributed by atoms with van der Waals surface area (Å²) in [5, 5.41) is 15.2. The van der Waals surface area contributed by atoms with E-state index in [1.165, 1.54) is 0 Å². The minimum Gasteiger partial charge on any atom is -0.478 e. The maximum absolute atomic E-state index is 9.25. The molecule has 0 saturated carbocycles. The highest BCUT2D eigenvalue weighted by molar-refractivity contribution is 5.79. The molecule has 6 N–H and O–H groups in total. The van der Waals surface area contributed by atoms with E-state index >= 15 is 0 Å². The highest BCUT2D eigenvalue weighted by atomic mass is 16.4. The van der Waals surface area contributed by atoms with Crippen LogP contribution < -0.4 is 0 Å². The molecule has 30 heavy (non-hydrogen) atoms. The van der Waals surface area contributed by atoms with Gasteiger partial charge in [-0.25, -0.2) is 9.59 Å². The summed E-state index contributed by atoms with van der Waals surface area (Å²) in [7, 11) is 0. The second-order valence-corrected chi connectivity index (χ2v) is 4.62. The van der Waals surface area contributed by atoms with Crippen LogP contribution in [0, 0.1) is 0 Å². The summed E-state index contributed by atoms with van der Waals surface area (Å²) in [6.07, 6.45) is 16.7. The Kier molecular flexibility index (Phi) is 22.7. The third-order valence-corrected chi connectivity index (χ3v) is 2.33. The van der Waals surface area contributed by atoms with E-state index in [1.807, 2.05) is 98.1 Å². The van der Waals surface area contributed by atoms with Gasteiger partial charge in [-0.2, -0.15) is 0 Å². The van der Waals surface area contributed by atoms with Gasteiger partial charge in [0.2, 0.25) is 0 Å². The van der Waals surface area contributed by atoms with Crippen molar-refractivity contribution in [2.75, 3.05) is 0 Å². The normalized spacial score (nSPS) is 7.47. The first kappa shape index (κ1) is 27.8. The molecule has 0 saturated heterocycles. The number of hydrogen-bond acceptors (Lipinski definition) is 2. The molecule has 0 aliphatic rings. The van der Waals surface area contributed by atoms with Crippen molar-refractivity contribution in [3.63, 3.8) is 0 Å². The lowest BCUT2D eigenvalue weighted by Crippen LogP contribution is -1.82. The van der Waals surface area contributed by atoms with Crippen molar-refractivity contribution in [2.45, 2.75) is 0 Å². The molecule has 0 atom stereocenters. The lowest BCUT2D eigenvalue weighted by Gasteiger charge is -1.64. The highest BCUT2D eigenvalue weighted by Gasteiger charge is 1.74. The molecule has 4 heterocycles. The fraction of sp³-hybridized carbons (Fsp3) is 0. The molecule has 0 aliphatic carbocycles. The Labute approximate surface area is 175 Å². The van der Waals surface area contributed by atoms with E-state index in [9.17, 15) is 9.59 Å². The Balaban J connectivity index is 0. The van der Waals surface area contributed by atoms with Crippen molar-refractivity contribution < 1.29 is 19.8 Å². The monoisotopic (exact) mass is 412 g/mol. The van der Waals surface area contributed by atoms with Crippen LogP contribution in [0.3, 0.4) is 0 Å². The quantitative estimate of drug-likeness (QED) is 0.268. The molecule has 4 aromatic rings. The summed E-state index contributed by atoms with van der Waals surface area (Å²) in [4.78, 5) is 29.9. The predicted octanol–water partition coefficient (Wildman–Crippen LogP) is 4.57. The molecule has 0 radical (unpaired) electrons. The fourth-order valence-electron chi connectivity index (χ4n) is 1.11. The first-order valence-electron chi connectivity index (χ1n) is 8.56. The summed E-state index contributed by atoms with van der Waals surface area (Å²) in [5.74, 6) is -1.96. The molecular weight excluding hydrogens is 384 g/mol. The van der Waals surface area contributed by atoms with E-state index in [4.69, 9.17) is 10.2 Å². The molecule has 0 amide bonds. The SMILES string of the molecule is C=CC(=O)O.C=CC(=O)O.c1cc[nH]c1.c1cc[nH]c1.c1cc[nH]c1.c1cc[nH]c1. The van der Waals surface area contributed by atoms with Gasteiger partial charge < -0.3 is 30.1 Å². The number of carboxylic acid groups (broad SMARTS) is 2. The van der Waals surface area contributed by atoms with E-state index in [-0.39, 0.29) is 0 Å². The topological polar surface area (TPSA) is 138 Å². The highest BCUT2D eigenvalue weighted by Crippen LogP contribution is 1.73. The Morgan fingerprint density at radius 2 is 0.633 bits per heavy atom. The first-order chi connectivity index (χ1) is 14.5. The summed E-state index contributed by atoms with van der Waals surface area (Å²) in [5.41, 5.74) is 0. The minimum absolute atomic E-state index is 0.833. The summed E-state index contributed by atoms with van der Waals surface area (Å²) < 4.78 is 0. The van der Waals surface area contributed by atoms with Crippen LogP contribution >= 0.6 is 0 Å². The van der Waals surface area contributed by atoms with Gasteiger partial charge in [0, 0.05) is 61.7 Å². The van der Waals surface area contributed by atoms with Gasteiger partial charge in [0.05, 0.1) is 0 Å². The van der Waals surface area contributed by atoms with Crippen LogP contribution in [-0.4, -0.2) is 42.1 Å². The summed E-state index contributed by atoms with van der Waals surface area (Å²) >= 11 is 0. The molecule has 0 unspecified atom stereocenters. The molecule has 0 aromatic carbocycles. The second kappa shape index (κ2) is 24.5. The number of carbonyl (C=O) groups is 2. The van der Waals surface area contributed by atoms with Crippen molar-refractivity contribution in [1.29, 1.82) is 0 Å². The number of carboxylic acids is 2. The predicted molar refractivity (Wildman–Crippen MR) is 119 cm³/mol. The van der Waals surface area contributed by atoms with Crippen LogP contribution in [0.15, 0.2) is 123 Å². The molecule has 0 aliphatic heterocycles. The third-order valence-electron chi connectivity index (χ3n) is 2.33. The summed E-state index contributed by atoms with van der Waals surface area (Å²) in [6.45, 7) is 5.92. The number of aliphatic carboxylic acids is 2. The number of rotatable bonds is 2. The van der Waals surface area contributed by atoms with Crippen molar-refractivity contribution in [3.05, 3.63) is 123 Å². The number of aromatic amines is 4. The Bertz CT molecular complexity index is 600. The molecule has 8 nitrogen and oxygen atoms in total. The lowest BCUT2D eigenvalue weighted by molar-refractivity contribution is -0.132. The smallest absolute Gasteiger partial charge is 0.327 e. The lowest BCUT2D eigenvalue weighted by atomic mass is 10.7. The molecule has 0 spiro atoms. The van der Waals surface area contributed by atoms with Gasteiger partial charge in [-0.05, 0) is 48.5 Å². The van der Waals surface area contributed by atoms with E-state index < -0.39 is 11.9 Å². The Morgan fingerprint density at radius 3 is 0.667 bits per heavy atom. The molecule has 8 heteroatoms. The standard InChI is InChI=1S/4C4H5N.2C3H4O2/c4*1-2-4-5-3-1;2*1-2-3(4)5/h4*1-5H;2*2H,1H2,(H,4,5). The summed E-state index contributed by atoms with van der Waals surface area (Å²) in [6, 6.07) is 15.6. The zero-order chi connectivity index (χ0) is 22.7. The molecule has 0 bridgehead atoms. The molecule has 0 fully saturated rings. The van der Waals surface area contributed by atoms with E-state index in [0.717, 1.165) is 12.2 Å². The van der Waals surface area contributed by atoms with Gasteiger partial charge in [0.25, 0.3) is 0 Å². The van der Waals surface area contributed by atoms with Gasteiger partial charge in [-0.3, -0.25) is 0 Å². The number of nitrogens with one attached hydrogen (secondary N) is 4. The minimum atomic E-state index is -0.981. The first-order valence-corrected chi connectivity index (χ1v) is 8.56. The Morgan fingerprint density at radius 1 is 0.500 bits per heavy atom. The van der Waals surface area contributed by atoms with Crippen LogP contribution in [0.5, 0.6) is 0 Å². The molecule has 160 valence electrons. The number of H-pyrrole nitrogens is 4. The maximum Gasteiger partial charge on any atom is 0.327 e. The average molecular weight is 412 g/mol.